The molecule has 1 atom stereocenters. The van der Waals surface area contributed by atoms with Crippen LogP contribution in [0, 0.1) is 6.92 Å². The number of aliphatic hydroxyl groups excluding tert-OH is 1. The normalized spacial score (nSPS) is 12.7. The van der Waals surface area contributed by atoms with Crippen LogP contribution >= 0.6 is 11.8 Å². The van der Waals surface area contributed by atoms with E-state index in [4.69, 9.17) is 4.42 Å². The topological polar surface area (TPSA) is 72.0 Å². The van der Waals surface area contributed by atoms with Crippen LogP contribution in [-0.4, -0.2) is 20.3 Å². The highest BCUT2D eigenvalue weighted by molar-refractivity contribution is 7.99. The first-order chi connectivity index (χ1) is 7.65. The Kier molecular flexibility index (Phi) is 3.21. The molecule has 0 aliphatic heterocycles. The van der Waals surface area contributed by atoms with Gasteiger partial charge in [-0.2, -0.15) is 0 Å². The van der Waals surface area contributed by atoms with Gasteiger partial charge in [0.25, 0.3) is 5.22 Å². The van der Waals surface area contributed by atoms with Crippen LogP contribution < -0.4 is 0 Å². The second-order valence-electron chi connectivity index (χ2n) is 3.28. The number of aliphatic hydroxyl groups is 1. The van der Waals surface area contributed by atoms with E-state index in [1.165, 1.54) is 11.8 Å². The minimum atomic E-state index is -0.551. The van der Waals surface area contributed by atoms with Crippen molar-refractivity contribution in [2.75, 3.05) is 0 Å². The molecular formula is C10H11N3O2S. The SMILES string of the molecule is Cc1nnc(Sc2ccc([C@@H](C)O)nc2)o1. The van der Waals surface area contributed by atoms with Crippen LogP contribution in [0.5, 0.6) is 0 Å². The van der Waals surface area contributed by atoms with Crippen molar-refractivity contribution in [3.8, 4) is 0 Å². The average Bonchev–Trinajstić information content (AvgIpc) is 2.65. The van der Waals surface area contributed by atoms with Crippen LogP contribution in [0.25, 0.3) is 0 Å². The van der Waals surface area contributed by atoms with Crippen LogP contribution in [0.15, 0.2) is 32.9 Å². The number of hydrogen-bond donors (Lipinski definition) is 1. The van der Waals surface area contributed by atoms with Gasteiger partial charge in [-0.1, -0.05) is 0 Å². The Morgan fingerprint density at radius 2 is 2.19 bits per heavy atom. The van der Waals surface area contributed by atoms with Gasteiger partial charge in [0, 0.05) is 18.0 Å². The molecule has 0 aromatic carbocycles. The van der Waals surface area contributed by atoms with Gasteiger partial charge in [-0.15, -0.1) is 10.2 Å². The lowest BCUT2D eigenvalue weighted by Gasteiger charge is -2.03. The van der Waals surface area contributed by atoms with E-state index in [0.29, 0.717) is 16.8 Å². The molecule has 0 saturated heterocycles. The minimum absolute atomic E-state index is 0.490. The quantitative estimate of drug-likeness (QED) is 0.880. The fourth-order valence-electron chi connectivity index (χ4n) is 1.12. The second kappa shape index (κ2) is 4.63. The summed E-state index contributed by atoms with van der Waals surface area (Å²) in [5.41, 5.74) is 0.644. The van der Waals surface area contributed by atoms with Gasteiger partial charge in [0.2, 0.25) is 5.89 Å². The summed E-state index contributed by atoms with van der Waals surface area (Å²) in [5.74, 6) is 0.538. The van der Waals surface area contributed by atoms with Gasteiger partial charge in [-0.3, -0.25) is 4.98 Å². The van der Waals surface area contributed by atoms with E-state index in [9.17, 15) is 5.11 Å². The molecule has 0 aliphatic carbocycles. The summed E-state index contributed by atoms with van der Waals surface area (Å²) in [6, 6.07) is 3.63. The Morgan fingerprint density at radius 1 is 1.38 bits per heavy atom. The summed E-state index contributed by atoms with van der Waals surface area (Å²) < 4.78 is 5.23. The van der Waals surface area contributed by atoms with Crippen molar-refractivity contribution >= 4 is 11.8 Å². The second-order valence-corrected chi connectivity index (χ2v) is 4.31. The van der Waals surface area contributed by atoms with Crippen molar-refractivity contribution in [2.45, 2.75) is 30.1 Å². The van der Waals surface area contributed by atoms with Crippen LogP contribution in [0.1, 0.15) is 24.6 Å². The molecule has 2 aromatic heterocycles. The van der Waals surface area contributed by atoms with Gasteiger partial charge in [0.15, 0.2) is 0 Å². The lowest BCUT2D eigenvalue weighted by Crippen LogP contribution is -1.94. The molecule has 0 spiro atoms. The van der Waals surface area contributed by atoms with E-state index in [-0.39, 0.29) is 0 Å². The Bertz CT molecular complexity index is 467. The van der Waals surface area contributed by atoms with Crippen molar-refractivity contribution in [1.29, 1.82) is 0 Å². The number of rotatable bonds is 3. The number of aromatic nitrogens is 3. The Morgan fingerprint density at radius 3 is 2.69 bits per heavy atom. The van der Waals surface area contributed by atoms with Crippen molar-refractivity contribution < 1.29 is 9.52 Å². The Hall–Kier alpha value is -1.40. The van der Waals surface area contributed by atoms with Crippen LogP contribution in [0.4, 0.5) is 0 Å². The summed E-state index contributed by atoms with van der Waals surface area (Å²) >= 11 is 1.34. The summed E-state index contributed by atoms with van der Waals surface area (Å²) in [6.45, 7) is 3.42. The zero-order valence-electron chi connectivity index (χ0n) is 8.91. The zero-order valence-corrected chi connectivity index (χ0v) is 9.73. The fraction of sp³-hybridized carbons (Fsp3) is 0.300. The third-order valence-corrected chi connectivity index (χ3v) is 2.72. The molecule has 0 aliphatic rings. The third-order valence-electron chi connectivity index (χ3n) is 1.90. The maximum atomic E-state index is 9.30. The van der Waals surface area contributed by atoms with Crippen LogP contribution in [-0.2, 0) is 0 Å². The van der Waals surface area contributed by atoms with Crippen molar-refractivity contribution in [2.24, 2.45) is 0 Å². The number of nitrogens with zero attached hydrogens (tertiary/aromatic N) is 3. The molecule has 6 heteroatoms. The van der Waals surface area contributed by atoms with E-state index in [1.54, 1.807) is 26.1 Å². The highest BCUT2D eigenvalue weighted by Crippen LogP contribution is 2.26. The Balaban J connectivity index is 2.11. The number of pyridine rings is 1. The maximum absolute atomic E-state index is 9.30. The molecule has 2 aromatic rings. The fourth-order valence-corrected chi connectivity index (χ4v) is 1.81. The molecule has 0 bridgehead atoms. The molecular weight excluding hydrogens is 226 g/mol. The van der Waals surface area contributed by atoms with E-state index >= 15 is 0 Å². The molecule has 2 heterocycles. The van der Waals surface area contributed by atoms with Crippen molar-refractivity contribution in [3.63, 3.8) is 0 Å². The summed E-state index contributed by atoms with van der Waals surface area (Å²) in [5, 5.41) is 17.4. The highest BCUT2D eigenvalue weighted by atomic mass is 32.2. The number of aryl methyl sites for hydroxylation is 1. The smallest absolute Gasteiger partial charge is 0.281 e. The third kappa shape index (κ3) is 2.59. The summed E-state index contributed by atoms with van der Waals surface area (Å²) in [4.78, 5) is 5.02. The predicted octanol–water partition coefficient (Wildman–Crippen LogP) is 1.98. The molecule has 0 amide bonds. The molecule has 0 saturated carbocycles. The standard InChI is InChI=1S/C10H11N3O2S/c1-6(14)9-4-3-8(5-11-9)16-10-13-12-7(2)15-10/h3-6,14H,1-2H3/t6-/m1/s1. The van der Waals surface area contributed by atoms with Crippen molar-refractivity contribution in [3.05, 3.63) is 29.9 Å². The summed E-state index contributed by atoms with van der Waals surface area (Å²) in [6.07, 6.45) is 1.12. The molecule has 2 rings (SSSR count). The monoisotopic (exact) mass is 237 g/mol. The lowest BCUT2D eigenvalue weighted by atomic mass is 10.2. The van der Waals surface area contributed by atoms with Crippen LogP contribution in [0.2, 0.25) is 0 Å². The first-order valence-corrected chi connectivity index (χ1v) is 5.59. The molecule has 84 valence electrons. The predicted molar refractivity (Wildman–Crippen MR) is 58.0 cm³/mol. The molecule has 5 nitrogen and oxygen atoms in total. The zero-order chi connectivity index (χ0) is 11.5. The maximum Gasteiger partial charge on any atom is 0.281 e. The highest BCUT2D eigenvalue weighted by Gasteiger charge is 2.06. The lowest BCUT2D eigenvalue weighted by molar-refractivity contribution is 0.194. The van der Waals surface area contributed by atoms with Crippen molar-refractivity contribution in [1.82, 2.24) is 15.2 Å². The van der Waals surface area contributed by atoms with E-state index in [1.807, 2.05) is 6.07 Å². The van der Waals surface area contributed by atoms with Gasteiger partial charge in [0.1, 0.15) is 0 Å². The largest absolute Gasteiger partial charge is 0.416 e. The molecule has 1 N–H and O–H groups in total. The molecule has 0 fully saturated rings. The molecule has 0 unspecified atom stereocenters. The van der Waals surface area contributed by atoms with Crippen LogP contribution in [0.3, 0.4) is 0 Å². The van der Waals surface area contributed by atoms with E-state index < -0.39 is 6.10 Å². The van der Waals surface area contributed by atoms with Gasteiger partial charge in [0.05, 0.1) is 11.8 Å². The van der Waals surface area contributed by atoms with Gasteiger partial charge >= 0.3 is 0 Å². The summed E-state index contributed by atoms with van der Waals surface area (Å²) in [7, 11) is 0. The average molecular weight is 237 g/mol. The van der Waals surface area contributed by atoms with E-state index in [0.717, 1.165) is 4.90 Å². The first kappa shape index (κ1) is 11.1. The molecule has 0 radical (unpaired) electrons. The first-order valence-electron chi connectivity index (χ1n) is 4.77. The Labute approximate surface area is 96.9 Å². The molecule has 16 heavy (non-hydrogen) atoms. The van der Waals surface area contributed by atoms with E-state index in [2.05, 4.69) is 15.2 Å². The van der Waals surface area contributed by atoms with Gasteiger partial charge in [-0.25, -0.2) is 0 Å². The number of hydrogen-bond acceptors (Lipinski definition) is 6. The van der Waals surface area contributed by atoms with Gasteiger partial charge < -0.3 is 9.52 Å². The van der Waals surface area contributed by atoms with Gasteiger partial charge in [-0.05, 0) is 30.8 Å². The minimum Gasteiger partial charge on any atom is -0.416 e.